The Balaban J connectivity index is 1.84. The summed E-state index contributed by atoms with van der Waals surface area (Å²) in [5, 5.41) is 13.0. The minimum Gasteiger partial charge on any atom is -0.396 e. The largest absolute Gasteiger partial charge is 0.396 e. The van der Waals surface area contributed by atoms with Gasteiger partial charge in [-0.3, -0.25) is 0 Å². The summed E-state index contributed by atoms with van der Waals surface area (Å²) in [4.78, 5) is 0. The highest BCUT2D eigenvalue weighted by Gasteiger charge is 2.33. The van der Waals surface area contributed by atoms with E-state index in [1.54, 1.807) is 6.07 Å². The molecule has 1 unspecified atom stereocenters. The highest BCUT2D eigenvalue weighted by atomic mass is 19.1. The molecule has 2 N–H and O–H groups in total. The van der Waals surface area contributed by atoms with Crippen molar-refractivity contribution in [1.29, 1.82) is 0 Å². The van der Waals surface area contributed by atoms with Crippen LogP contribution in [0, 0.1) is 11.2 Å². The van der Waals surface area contributed by atoms with Crippen molar-refractivity contribution in [3.63, 3.8) is 0 Å². The van der Waals surface area contributed by atoms with Crippen LogP contribution in [0.15, 0.2) is 24.3 Å². The predicted octanol–water partition coefficient (Wildman–Crippen LogP) is 2.90. The van der Waals surface area contributed by atoms with Gasteiger partial charge in [0, 0.05) is 24.6 Å². The van der Waals surface area contributed by atoms with Crippen molar-refractivity contribution >= 4 is 0 Å². The van der Waals surface area contributed by atoms with Gasteiger partial charge >= 0.3 is 0 Å². The molecule has 0 aliphatic heterocycles. The average molecular weight is 265 g/mol. The van der Waals surface area contributed by atoms with Gasteiger partial charge in [-0.1, -0.05) is 31.0 Å². The van der Waals surface area contributed by atoms with E-state index in [4.69, 9.17) is 0 Å². The molecular formula is C16H24FNO. The Bertz CT molecular complexity index is 401. The first-order valence-corrected chi connectivity index (χ1v) is 7.23. The van der Waals surface area contributed by atoms with Gasteiger partial charge in [0.25, 0.3) is 0 Å². The van der Waals surface area contributed by atoms with Crippen molar-refractivity contribution in [2.24, 2.45) is 5.41 Å². The van der Waals surface area contributed by atoms with Crippen LogP contribution in [-0.2, 0) is 6.42 Å². The second kappa shape index (κ2) is 6.49. The Kier molecular flexibility index (Phi) is 4.94. The molecule has 1 aromatic carbocycles. The number of hydrogen-bond acceptors (Lipinski definition) is 2. The molecule has 106 valence electrons. The zero-order valence-electron chi connectivity index (χ0n) is 11.7. The third kappa shape index (κ3) is 3.77. The summed E-state index contributed by atoms with van der Waals surface area (Å²) < 4.78 is 13.6. The zero-order valence-corrected chi connectivity index (χ0v) is 11.7. The van der Waals surface area contributed by atoms with Crippen molar-refractivity contribution in [2.45, 2.75) is 45.1 Å². The van der Waals surface area contributed by atoms with Gasteiger partial charge in [0.15, 0.2) is 0 Å². The van der Waals surface area contributed by atoms with E-state index in [9.17, 15) is 9.50 Å². The minimum absolute atomic E-state index is 0.0590. The standard InChI is InChI=1S/C16H24FNO/c1-13(10-14-6-2-3-7-15(14)17)18-11-16(12-19)8-4-5-9-16/h2-3,6-7,13,18-19H,4-5,8-12H2,1H3. The molecule has 1 atom stereocenters. The first kappa shape index (κ1) is 14.5. The second-order valence-electron chi connectivity index (χ2n) is 5.94. The Morgan fingerprint density at radius 2 is 2.00 bits per heavy atom. The van der Waals surface area contributed by atoms with Crippen LogP contribution in [0.3, 0.4) is 0 Å². The van der Waals surface area contributed by atoms with Crippen molar-refractivity contribution in [3.05, 3.63) is 35.6 Å². The summed E-state index contributed by atoms with van der Waals surface area (Å²) in [6.07, 6.45) is 5.31. The Morgan fingerprint density at radius 3 is 2.63 bits per heavy atom. The fourth-order valence-electron chi connectivity index (χ4n) is 2.97. The third-order valence-electron chi connectivity index (χ3n) is 4.31. The van der Waals surface area contributed by atoms with Crippen LogP contribution in [0.1, 0.15) is 38.2 Å². The predicted molar refractivity (Wildman–Crippen MR) is 75.6 cm³/mol. The first-order chi connectivity index (χ1) is 9.15. The van der Waals surface area contributed by atoms with Gasteiger partial charge in [0.05, 0.1) is 0 Å². The van der Waals surface area contributed by atoms with Crippen molar-refractivity contribution < 1.29 is 9.50 Å². The highest BCUT2D eigenvalue weighted by Crippen LogP contribution is 2.37. The van der Waals surface area contributed by atoms with Gasteiger partial charge in [-0.15, -0.1) is 0 Å². The van der Waals surface area contributed by atoms with E-state index in [-0.39, 0.29) is 23.9 Å². The van der Waals surface area contributed by atoms with Gasteiger partial charge in [0.1, 0.15) is 5.82 Å². The highest BCUT2D eigenvalue weighted by molar-refractivity contribution is 5.18. The lowest BCUT2D eigenvalue weighted by molar-refractivity contribution is 0.125. The van der Waals surface area contributed by atoms with E-state index in [1.807, 2.05) is 12.1 Å². The first-order valence-electron chi connectivity index (χ1n) is 7.23. The number of rotatable bonds is 6. The van der Waals surface area contributed by atoms with Crippen molar-refractivity contribution in [1.82, 2.24) is 5.32 Å². The van der Waals surface area contributed by atoms with Gasteiger partial charge in [-0.05, 0) is 37.8 Å². The van der Waals surface area contributed by atoms with Gasteiger partial charge in [0.2, 0.25) is 0 Å². The fourth-order valence-corrected chi connectivity index (χ4v) is 2.97. The molecule has 1 aliphatic rings. The molecule has 0 radical (unpaired) electrons. The number of aliphatic hydroxyl groups excluding tert-OH is 1. The van der Waals surface area contributed by atoms with Crippen LogP contribution in [0.4, 0.5) is 4.39 Å². The van der Waals surface area contributed by atoms with Gasteiger partial charge < -0.3 is 10.4 Å². The molecule has 1 aromatic rings. The van der Waals surface area contributed by atoms with E-state index in [0.717, 1.165) is 24.9 Å². The lowest BCUT2D eigenvalue weighted by Gasteiger charge is -2.28. The normalized spacial score (nSPS) is 19.5. The minimum atomic E-state index is -0.131. The monoisotopic (exact) mass is 265 g/mol. The van der Waals surface area contributed by atoms with Crippen LogP contribution >= 0.6 is 0 Å². The number of hydrogen-bond donors (Lipinski definition) is 2. The molecule has 0 saturated heterocycles. The smallest absolute Gasteiger partial charge is 0.126 e. The Labute approximate surface area is 115 Å². The van der Waals surface area contributed by atoms with Crippen LogP contribution in [0.2, 0.25) is 0 Å². The SMILES string of the molecule is CC(Cc1ccccc1F)NCC1(CO)CCCC1. The summed E-state index contributed by atoms with van der Waals surface area (Å²) in [5.41, 5.74) is 0.815. The molecule has 1 aliphatic carbocycles. The zero-order chi connectivity index (χ0) is 13.7. The summed E-state index contributed by atoms with van der Waals surface area (Å²) in [5.74, 6) is -0.131. The quantitative estimate of drug-likeness (QED) is 0.829. The van der Waals surface area contributed by atoms with E-state index < -0.39 is 0 Å². The lowest BCUT2D eigenvalue weighted by Crippen LogP contribution is -2.40. The molecule has 3 heteroatoms. The second-order valence-corrected chi connectivity index (χ2v) is 5.94. The molecular weight excluding hydrogens is 241 g/mol. The Hall–Kier alpha value is -0.930. The van der Waals surface area contributed by atoms with Crippen LogP contribution in [-0.4, -0.2) is 24.3 Å². The number of aliphatic hydroxyl groups is 1. The molecule has 0 aromatic heterocycles. The van der Waals surface area contributed by atoms with Crippen molar-refractivity contribution in [2.75, 3.05) is 13.2 Å². The maximum absolute atomic E-state index is 13.6. The molecule has 1 saturated carbocycles. The molecule has 0 spiro atoms. The lowest BCUT2D eigenvalue weighted by atomic mass is 9.87. The molecule has 2 nitrogen and oxygen atoms in total. The third-order valence-corrected chi connectivity index (χ3v) is 4.31. The maximum Gasteiger partial charge on any atom is 0.126 e. The van der Waals surface area contributed by atoms with Crippen LogP contribution < -0.4 is 5.32 Å². The van der Waals surface area contributed by atoms with E-state index in [1.165, 1.54) is 18.9 Å². The fraction of sp³-hybridized carbons (Fsp3) is 0.625. The number of halogens is 1. The number of benzene rings is 1. The topological polar surface area (TPSA) is 32.3 Å². The molecule has 0 bridgehead atoms. The summed E-state index contributed by atoms with van der Waals surface area (Å²) in [6, 6.07) is 7.16. The maximum atomic E-state index is 13.6. The van der Waals surface area contributed by atoms with Crippen LogP contribution in [0.5, 0.6) is 0 Å². The van der Waals surface area contributed by atoms with Gasteiger partial charge in [-0.25, -0.2) is 4.39 Å². The van der Waals surface area contributed by atoms with Crippen molar-refractivity contribution in [3.8, 4) is 0 Å². The summed E-state index contributed by atoms with van der Waals surface area (Å²) in [7, 11) is 0. The summed E-state index contributed by atoms with van der Waals surface area (Å²) >= 11 is 0. The van der Waals surface area contributed by atoms with E-state index in [2.05, 4.69) is 12.2 Å². The molecule has 1 fully saturated rings. The molecule has 0 amide bonds. The number of nitrogens with one attached hydrogen (secondary N) is 1. The molecule has 19 heavy (non-hydrogen) atoms. The van der Waals surface area contributed by atoms with E-state index in [0.29, 0.717) is 6.42 Å². The van der Waals surface area contributed by atoms with Gasteiger partial charge in [-0.2, -0.15) is 0 Å². The average Bonchev–Trinajstić information content (AvgIpc) is 2.89. The molecule has 0 heterocycles. The molecule has 2 rings (SSSR count). The van der Waals surface area contributed by atoms with E-state index >= 15 is 0 Å². The Morgan fingerprint density at radius 1 is 1.32 bits per heavy atom. The van der Waals surface area contributed by atoms with Crippen LogP contribution in [0.25, 0.3) is 0 Å². The summed E-state index contributed by atoms with van der Waals surface area (Å²) in [6.45, 7) is 3.16.